The van der Waals surface area contributed by atoms with Crippen LogP contribution in [0.4, 0.5) is 18.9 Å². The molecule has 0 atom stereocenters. The molecule has 10 heteroatoms. The van der Waals surface area contributed by atoms with Crippen LogP contribution in [0.3, 0.4) is 0 Å². The molecule has 2 aromatic carbocycles. The summed E-state index contributed by atoms with van der Waals surface area (Å²) in [7, 11) is 3.13. The lowest BCUT2D eigenvalue weighted by molar-refractivity contribution is -0.137. The largest absolute Gasteiger partial charge is 0.497 e. The number of ether oxygens (including phenoxy) is 2. The highest BCUT2D eigenvalue weighted by Crippen LogP contribution is 2.34. The van der Waals surface area contributed by atoms with Gasteiger partial charge >= 0.3 is 6.18 Å². The highest BCUT2D eigenvalue weighted by atomic mass is 19.4. The van der Waals surface area contributed by atoms with E-state index in [0.29, 0.717) is 61.4 Å². The molecule has 7 nitrogen and oxygen atoms in total. The summed E-state index contributed by atoms with van der Waals surface area (Å²) in [6.45, 7) is 1.81. The maximum absolute atomic E-state index is 13.0. The minimum atomic E-state index is -4.38. The molecule has 0 saturated carbocycles. The Hall–Kier alpha value is -3.69. The first kappa shape index (κ1) is 24.4. The van der Waals surface area contributed by atoms with Crippen LogP contribution in [-0.4, -0.2) is 56.2 Å². The SMILES string of the molecule is COc1ccc(-c2cnc(CCC(=O)N3CCN(c4cccc(C(F)(F)F)c4)CC3)o2)c(OC)c1. The van der Waals surface area contributed by atoms with E-state index in [1.807, 2.05) is 11.0 Å². The standard InChI is InChI=1S/C25H26F3N3O4/c1-33-19-6-7-20(21(15-19)34-2)22-16-29-23(35-22)8-9-24(32)31-12-10-30(11-13-31)18-5-3-4-17(14-18)25(26,27)28/h3-7,14-16H,8-13H2,1-2H3. The average Bonchev–Trinajstić information content (AvgIpc) is 3.35. The van der Waals surface area contributed by atoms with E-state index in [-0.39, 0.29) is 12.3 Å². The number of nitrogens with zero attached hydrogens (tertiary/aromatic N) is 3. The predicted octanol–water partition coefficient (Wildman–Crippen LogP) is 4.66. The number of hydrogen-bond acceptors (Lipinski definition) is 6. The first-order chi connectivity index (χ1) is 16.8. The van der Waals surface area contributed by atoms with Crippen molar-refractivity contribution in [2.45, 2.75) is 19.0 Å². The molecule has 1 aliphatic rings. The van der Waals surface area contributed by atoms with E-state index in [4.69, 9.17) is 13.9 Å². The molecule has 1 fully saturated rings. The van der Waals surface area contributed by atoms with Gasteiger partial charge in [-0.2, -0.15) is 13.2 Å². The Kier molecular flexibility index (Phi) is 7.18. The molecule has 0 aliphatic carbocycles. The Bertz CT molecular complexity index is 1170. The van der Waals surface area contributed by atoms with E-state index in [2.05, 4.69) is 4.98 Å². The van der Waals surface area contributed by atoms with Crippen molar-refractivity contribution < 1.29 is 31.9 Å². The van der Waals surface area contributed by atoms with E-state index in [1.54, 1.807) is 43.5 Å². The molecule has 186 valence electrons. The van der Waals surface area contributed by atoms with Gasteiger partial charge in [0.1, 0.15) is 11.5 Å². The maximum Gasteiger partial charge on any atom is 0.416 e. The molecule has 0 N–H and O–H groups in total. The summed E-state index contributed by atoms with van der Waals surface area (Å²) < 4.78 is 55.4. The highest BCUT2D eigenvalue weighted by molar-refractivity contribution is 5.76. The number of alkyl halides is 3. The van der Waals surface area contributed by atoms with Gasteiger partial charge in [-0.25, -0.2) is 4.98 Å². The van der Waals surface area contributed by atoms with Crippen LogP contribution in [-0.2, 0) is 17.4 Å². The van der Waals surface area contributed by atoms with Crippen molar-refractivity contribution in [1.82, 2.24) is 9.88 Å². The minimum Gasteiger partial charge on any atom is -0.497 e. The van der Waals surface area contributed by atoms with Gasteiger partial charge in [0.2, 0.25) is 5.91 Å². The van der Waals surface area contributed by atoms with Crippen LogP contribution in [0.1, 0.15) is 17.9 Å². The fraction of sp³-hybridized carbons (Fsp3) is 0.360. The van der Waals surface area contributed by atoms with Gasteiger partial charge in [0.05, 0.1) is 31.5 Å². The summed E-state index contributed by atoms with van der Waals surface area (Å²) in [6, 6.07) is 10.6. The van der Waals surface area contributed by atoms with Crippen molar-refractivity contribution in [1.29, 1.82) is 0 Å². The number of piperazine rings is 1. The molecule has 4 rings (SSSR count). The molecule has 3 aromatic rings. The number of benzene rings is 2. The first-order valence-electron chi connectivity index (χ1n) is 11.2. The minimum absolute atomic E-state index is 0.0459. The Morgan fingerprint density at radius 1 is 1.06 bits per heavy atom. The van der Waals surface area contributed by atoms with E-state index in [9.17, 15) is 18.0 Å². The number of amides is 1. The number of carbonyl (C=O) groups excluding carboxylic acids is 1. The summed E-state index contributed by atoms with van der Waals surface area (Å²) in [6.07, 6.45) is -2.22. The molecule has 0 bridgehead atoms. The van der Waals surface area contributed by atoms with Crippen molar-refractivity contribution in [2.75, 3.05) is 45.3 Å². The predicted molar refractivity (Wildman–Crippen MR) is 124 cm³/mol. The van der Waals surface area contributed by atoms with E-state index < -0.39 is 11.7 Å². The van der Waals surface area contributed by atoms with Crippen molar-refractivity contribution >= 4 is 11.6 Å². The van der Waals surface area contributed by atoms with Crippen LogP contribution in [0.5, 0.6) is 11.5 Å². The number of methoxy groups -OCH3 is 2. The van der Waals surface area contributed by atoms with Gasteiger partial charge in [-0.1, -0.05) is 6.07 Å². The number of carbonyl (C=O) groups is 1. The van der Waals surface area contributed by atoms with Crippen molar-refractivity contribution in [2.24, 2.45) is 0 Å². The average molecular weight is 489 g/mol. The van der Waals surface area contributed by atoms with Crippen LogP contribution in [0.15, 0.2) is 53.1 Å². The number of anilines is 1. The Labute approximate surface area is 201 Å². The molecule has 35 heavy (non-hydrogen) atoms. The summed E-state index contributed by atoms with van der Waals surface area (Å²) in [5.41, 5.74) is 0.559. The zero-order valence-electron chi connectivity index (χ0n) is 19.5. The van der Waals surface area contributed by atoms with E-state index in [1.165, 1.54) is 6.07 Å². The summed E-state index contributed by atoms with van der Waals surface area (Å²) in [5.74, 6) is 2.16. The van der Waals surface area contributed by atoms with E-state index >= 15 is 0 Å². The highest BCUT2D eigenvalue weighted by Gasteiger charge is 2.31. The third kappa shape index (κ3) is 5.70. The first-order valence-corrected chi connectivity index (χ1v) is 11.2. The molecule has 1 amide bonds. The molecular formula is C25H26F3N3O4. The van der Waals surface area contributed by atoms with Crippen LogP contribution < -0.4 is 14.4 Å². The number of rotatable bonds is 7. The van der Waals surface area contributed by atoms with Crippen LogP contribution in [0, 0.1) is 0 Å². The molecule has 0 spiro atoms. The molecule has 0 unspecified atom stereocenters. The second-order valence-electron chi connectivity index (χ2n) is 8.10. The molecular weight excluding hydrogens is 463 g/mol. The fourth-order valence-electron chi connectivity index (χ4n) is 4.02. The van der Waals surface area contributed by atoms with Gasteiger partial charge in [0.25, 0.3) is 0 Å². The van der Waals surface area contributed by atoms with Gasteiger partial charge in [0, 0.05) is 50.8 Å². The van der Waals surface area contributed by atoms with Gasteiger partial charge in [-0.15, -0.1) is 0 Å². The second kappa shape index (κ2) is 10.3. The molecule has 2 heterocycles. The Morgan fingerprint density at radius 2 is 1.83 bits per heavy atom. The molecule has 1 aliphatic heterocycles. The lowest BCUT2D eigenvalue weighted by Gasteiger charge is -2.36. The van der Waals surface area contributed by atoms with Crippen molar-refractivity contribution in [3.8, 4) is 22.8 Å². The number of aromatic nitrogens is 1. The number of halogens is 3. The Morgan fingerprint density at radius 3 is 2.51 bits per heavy atom. The number of aryl methyl sites for hydroxylation is 1. The smallest absolute Gasteiger partial charge is 0.416 e. The zero-order valence-corrected chi connectivity index (χ0v) is 19.5. The summed E-state index contributed by atoms with van der Waals surface area (Å²) in [5, 5.41) is 0. The van der Waals surface area contributed by atoms with Crippen LogP contribution in [0.2, 0.25) is 0 Å². The maximum atomic E-state index is 13.0. The molecule has 1 aromatic heterocycles. The number of oxazole rings is 1. The monoisotopic (exact) mass is 489 g/mol. The second-order valence-corrected chi connectivity index (χ2v) is 8.10. The van der Waals surface area contributed by atoms with Crippen molar-refractivity contribution in [3.05, 3.63) is 60.1 Å². The van der Waals surface area contributed by atoms with Crippen LogP contribution >= 0.6 is 0 Å². The normalized spacial score (nSPS) is 14.2. The third-order valence-electron chi connectivity index (χ3n) is 5.95. The molecule has 1 saturated heterocycles. The molecule has 0 radical (unpaired) electrons. The summed E-state index contributed by atoms with van der Waals surface area (Å²) >= 11 is 0. The van der Waals surface area contributed by atoms with Gasteiger partial charge < -0.3 is 23.7 Å². The fourth-order valence-corrected chi connectivity index (χ4v) is 4.02. The number of hydrogen-bond donors (Lipinski definition) is 0. The van der Waals surface area contributed by atoms with Gasteiger partial charge in [-0.05, 0) is 30.3 Å². The quantitative estimate of drug-likeness (QED) is 0.481. The zero-order chi connectivity index (χ0) is 25.0. The van der Waals surface area contributed by atoms with E-state index in [0.717, 1.165) is 17.7 Å². The lowest BCUT2D eigenvalue weighted by Crippen LogP contribution is -2.48. The summed E-state index contributed by atoms with van der Waals surface area (Å²) in [4.78, 5) is 20.6. The van der Waals surface area contributed by atoms with Gasteiger partial charge in [0.15, 0.2) is 11.7 Å². The third-order valence-corrected chi connectivity index (χ3v) is 5.95. The van der Waals surface area contributed by atoms with Gasteiger partial charge in [-0.3, -0.25) is 4.79 Å². The lowest BCUT2D eigenvalue weighted by atomic mass is 10.1. The Balaban J connectivity index is 1.31. The van der Waals surface area contributed by atoms with Crippen molar-refractivity contribution in [3.63, 3.8) is 0 Å². The van der Waals surface area contributed by atoms with Crippen LogP contribution in [0.25, 0.3) is 11.3 Å². The topological polar surface area (TPSA) is 68.0 Å².